The van der Waals surface area contributed by atoms with Crippen molar-refractivity contribution >= 4 is 11.7 Å². The maximum absolute atomic E-state index is 13.2. The molecule has 0 spiro atoms. The molecule has 0 bridgehead atoms. The predicted molar refractivity (Wildman–Crippen MR) is 49.4 cm³/mol. The fraction of sp³-hybridized carbons (Fsp3) is 0.222. The second-order valence-corrected chi connectivity index (χ2v) is 3.12. The molecule has 0 fully saturated rings. The van der Waals surface area contributed by atoms with Crippen LogP contribution in [0.1, 0.15) is 11.7 Å². The number of hydrogen-bond acceptors (Lipinski definition) is 4. The summed E-state index contributed by atoms with van der Waals surface area (Å²) in [6, 6.07) is 1.15. The molecule has 0 aliphatic rings. The Kier molecular flexibility index (Phi) is 3.41. The van der Waals surface area contributed by atoms with Crippen LogP contribution in [0.3, 0.4) is 0 Å². The van der Waals surface area contributed by atoms with Gasteiger partial charge in [-0.2, -0.15) is 0 Å². The number of benzene rings is 1. The zero-order valence-electron chi connectivity index (χ0n) is 7.89. The highest BCUT2D eigenvalue weighted by Crippen LogP contribution is 2.27. The number of aliphatic carboxylic acids is 1. The fourth-order valence-electron chi connectivity index (χ4n) is 1.21. The predicted octanol–water partition coefficient (Wildman–Crippen LogP) is 0.0259. The van der Waals surface area contributed by atoms with Crippen LogP contribution in [0.2, 0.25) is 0 Å². The zero-order valence-corrected chi connectivity index (χ0v) is 7.89. The van der Waals surface area contributed by atoms with E-state index >= 15 is 0 Å². The number of aliphatic hydroxyl groups is 2. The summed E-state index contributed by atoms with van der Waals surface area (Å²) in [4.78, 5) is 10.4. The summed E-state index contributed by atoms with van der Waals surface area (Å²) in [6.07, 6.45) is -4.29. The van der Waals surface area contributed by atoms with E-state index in [1.54, 1.807) is 0 Å². The van der Waals surface area contributed by atoms with Crippen LogP contribution in [0.15, 0.2) is 12.1 Å². The molecule has 0 radical (unpaired) electrons. The monoisotopic (exact) mass is 233 g/mol. The second kappa shape index (κ2) is 4.42. The lowest BCUT2D eigenvalue weighted by Gasteiger charge is -2.16. The molecule has 88 valence electrons. The molecule has 0 aliphatic heterocycles. The van der Waals surface area contributed by atoms with Crippen molar-refractivity contribution in [3.63, 3.8) is 0 Å². The highest BCUT2D eigenvalue weighted by molar-refractivity contribution is 5.73. The van der Waals surface area contributed by atoms with E-state index in [0.717, 1.165) is 6.07 Å². The maximum atomic E-state index is 13.2. The minimum absolute atomic E-state index is 0.434. The maximum Gasteiger partial charge on any atom is 0.335 e. The molecule has 0 saturated carbocycles. The van der Waals surface area contributed by atoms with Gasteiger partial charge in [-0.25, -0.2) is 13.6 Å². The molecule has 0 amide bonds. The Balaban J connectivity index is 3.18. The van der Waals surface area contributed by atoms with Gasteiger partial charge in [0.25, 0.3) is 0 Å². The van der Waals surface area contributed by atoms with Gasteiger partial charge in [0.2, 0.25) is 0 Å². The zero-order chi connectivity index (χ0) is 12.5. The first-order valence-corrected chi connectivity index (χ1v) is 4.18. The summed E-state index contributed by atoms with van der Waals surface area (Å²) in [5.74, 6) is -3.92. The van der Waals surface area contributed by atoms with Crippen LogP contribution in [0, 0.1) is 11.6 Å². The Labute approximate surface area is 88.7 Å². The molecule has 0 heterocycles. The van der Waals surface area contributed by atoms with Crippen molar-refractivity contribution in [1.29, 1.82) is 0 Å². The van der Waals surface area contributed by atoms with E-state index in [9.17, 15) is 18.7 Å². The van der Waals surface area contributed by atoms with Crippen LogP contribution in [0.25, 0.3) is 0 Å². The first kappa shape index (κ1) is 12.3. The van der Waals surface area contributed by atoms with E-state index in [1.165, 1.54) is 0 Å². The summed E-state index contributed by atoms with van der Waals surface area (Å²) in [5.41, 5.74) is 4.11. The summed E-state index contributed by atoms with van der Waals surface area (Å²) < 4.78 is 25.9. The van der Waals surface area contributed by atoms with Crippen LogP contribution in [-0.4, -0.2) is 27.4 Å². The Morgan fingerprint density at radius 1 is 1.31 bits per heavy atom. The lowest BCUT2D eigenvalue weighted by molar-refractivity contribution is -0.153. The molecular formula is C9H9F2NO4. The van der Waals surface area contributed by atoms with Gasteiger partial charge in [0, 0.05) is 17.3 Å². The summed E-state index contributed by atoms with van der Waals surface area (Å²) in [7, 11) is 0. The third kappa shape index (κ3) is 2.26. The van der Waals surface area contributed by atoms with Crippen LogP contribution in [0.5, 0.6) is 0 Å². The first-order chi connectivity index (χ1) is 7.34. The molecule has 0 saturated heterocycles. The van der Waals surface area contributed by atoms with Crippen LogP contribution >= 0.6 is 0 Å². The van der Waals surface area contributed by atoms with Crippen molar-refractivity contribution in [3.05, 3.63) is 29.3 Å². The van der Waals surface area contributed by atoms with E-state index in [2.05, 4.69) is 0 Å². The Morgan fingerprint density at radius 2 is 1.88 bits per heavy atom. The largest absolute Gasteiger partial charge is 0.479 e. The van der Waals surface area contributed by atoms with Crippen LogP contribution < -0.4 is 5.73 Å². The minimum Gasteiger partial charge on any atom is -0.479 e. The van der Waals surface area contributed by atoms with Gasteiger partial charge in [0.1, 0.15) is 17.7 Å². The molecule has 1 rings (SSSR count). The highest BCUT2D eigenvalue weighted by Gasteiger charge is 2.29. The smallest absolute Gasteiger partial charge is 0.335 e. The van der Waals surface area contributed by atoms with Gasteiger partial charge in [-0.3, -0.25) is 0 Å². The van der Waals surface area contributed by atoms with Crippen molar-refractivity contribution in [1.82, 2.24) is 0 Å². The number of hydrogen-bond donors (Lipinski definition) is 4. The molecule has 1 aromatic rings. The summed E-state index contributed by atoms with van der Waals surface area (Å²) in [6.45, 7) is 0. The fourth-order valence-corrected chi connectivity index (χ4v) is 1.21. The van der Waals surface area contributed by atoms with Gasteiger partial charge in [0.15, 0.2) is 6.10 Å². The number of anilines is 1. The number of rotatable bonds is 3. The average molecular weight is 233 g/mol. The summed E-state index contributed by atoms with van der Waals surface area (Å²) >= 11 is 0. The first-order valence-electron chi connectivity index (χ1n) is 4.18. The topological polar surface area (TPSA) is 104 Å². The normalized spacial score (nSPS) is 14.5. The number of halogens is 2. The van der Waals surface area contributed by atoms with E-state index in [-0.39, 0.29) is 0 Å². The molecule has 2 atom stereocenters. The van der Waals surface area contributed by atoms with Gasteiger partial charge in [-0.1, -0.05) is 0 Å². The van der Waals surface area contributed by atoms with Crippen molar-refractivity contribution in [3.8, 4) is 0 Å². The van der Waals surface area contributed by atoms with Crippen molar-refractivity contribution in [2.45, 2.75) is 12.2 Å². The van der Waals surface area contributed by atoms with Crippen molar-refractivity contribution < 1.29 is 28.9 Å². The van der Waals surface area contributed by atoms with Gasteiger partial charge >= 0.3 is 5.97 Å². The quantitative estimate of drug-likeness (QED) is 0.551. The molecule has 7 heteroatoms. The number of carbonyl (C=O) groups is 1. The van der Waals surface area contributed by atoms with Gasteiger partial charge < -0.3 is 21.1 Å². The number of nitrogen functional groups attached to an aromatic ring is 1. The Bertz CT molecular complexity index is 401. The van der Waals surface area contributed by atoms with Gasteiger partial charge in [0.05, 0.1) is 0 Å². The van der Waals surface area contributed by atoms with Gasteiger partial charge in [-0.15, -0.1) is 0 Å². The Morgan fingerprint density at radius 3 is 2.31 bits per heavy atom. The van der Waals surface area contributed by atoms with E-state index < -0.39 is 41.1 Å². The highest BCUT2D eigenvalue weighted by atomic mass is 19.1. The number of carboxylic acids is 1. The van der Waals surface area contributed by atoms with E-state index in [0.29, 0.717) is 6.07 Å². The number of aliphatic hydroxyl groups excluding tert-OH is 2. The molecule has 5 N–H and O–H groups in total. The number of carboxylic acid groups (broad SMARTS) is 1. The SMILES string of the molecule is Nc1cc(F)cc(F)c1C(O)C(O)C(=O)O. The average Bonchev–Trinajstić information content (AvgIpc) is 2.14. The third-order valence-corrected chi connectivity index (χ3v) is 1.97. The van der Waals surface area contributed by atoms with Crippen LogP contribution in [-0.2, 0) is 4.79 Å². The van der Waals surface area contributed by atoms with Crippen molar-refractivity contribution in [2.75, 3.05) is 5.73 Å². The third-order valence-electron chi connectivity index (χ3n) is 1.97. The van der Waals surface area contributed by atoms with Crippen molar-refractivity contribution in [2.24, 2.45) is 0 Å². The molecule has 2 unspecified atom stereocenters. The Hall–Kier alpha value is -1.73. The lowest BCUT2D eigenvalue weighted by Crippen LogP contribution is -2.28. The molecule has 16 heavy (non-hydrogen) atoms. The molecule has 0 aliphatic carbocycles. The van der Waals surface area contributed by atoms with Crippen LogP contribution in [0.4, 0.5) is 14.5 Å². The van der Waals surface area contributed by atoms with Gasteiger partial charge in [-0.05, 0) is 6.07 Å². The standard InChI is InChI=1S/C9H9F2NO4/c10-3-1-4(11)6(5(12)2-3)7(13)8(14)9(15)16/h1-2,7-8,13-14H,12H2,(H,15,16). The minimum atomic E-state index is -2.23. The molecular weight excluding hydrogens is 224 g/mol. The number of nitrogens with two attached hydrogens (primary N) is 1. The lowest BCUT2D eigenvalue weighted by atomic mass is 10.0. The molecule has 5 nitrogen and oxygen atoms in total. The second-order valence-electron chi connectivity index (χ2n) is 3.12. The summed E-state index contributed by atoms with van der Waals surface area (Å²) in [5, 5.41) is 26.7. The van der Waals surface area contributed by atoms with E-state index in [4.69, 9.17) is 15.9 Å². The van der Waals surface area contributed by atoms with E-state index in [1.807, 2.05) is 0 Å². The molecule has 0 aromatic heterocycles. The molecule has 1 aromatic carbocycles.